The van der Waals surface area contributed by atoms with Gasteiger partial charge in [-0.25, -0.2) is 0 Å². The van der Waals surface area contributed by atoms with Gasteiger partial charge in [0, 0.05) is 26.9 Å². The molecule has 0 aromatic heterocycles. The zero-order valence-corrected chi connectivity index (χ0v) is 12.3. The highest BCUT2D eigenvalue weighted by molar-refractivity contribution is 6.62. The summed E-state index contributed by atoms with van der Waals surface area (Å²) in [6, 6.07) is 0. The molecule has 4 fully saturated rings. The fraction of sp³-hybridized carbons (Fsp3) is 1.00. The number of ether oxygens (including phenoxy) is 1. The summed E-state index contributed by atoms with van der Waals surface area (Å²) < 4.78 is 23.0. The van der Waals surface area contributed by atoms with Crippen LogP contribution in [0, 0.1) is 23.7 Å². The van der Waals surface area contributed by atoms with E-state index in [2.05, 4.69) is 0 Å². The first-order valence-electron chi connectivity index (χ1n) is 7.06. The monoisotopic (exact) mass is 270 g/mol. The second-order valence-corrected chi connectivity index (χ2v) is 9.44. The molecule has 18 heavy (non-hydrogen) atoms. The van der Waals surface area contributed by atoms with E-state index in [1.54, 1.807) is 21.3 Å². The van der Waals surface area contributed by atoms with Gasteiger partial charge in [-0.15, -0.1) is 0 Å². The van der Waals surface area contributed by atoms with Crippen LogP contribution < -0.4 is 0 Å². The van der Waals surface area contributed by atoms with E-state index >= 15 is 0 Å². The van der Waals surface area contributed by atoms with Crippen molar-refractivity contribution in [2.45, 2.75) is 37.0 Å². The summed E-state index contributed by atoms with van der Waals surface area (Å²) in [5.74, 6) is 3.15. The van der Waals surface area contributed by atoms with Crippen molar-refractivity contribution in [1.82, 2.24) is 0 Å². The molecular weight excluding hydrogens is 248 g/mol. The smallest absolute Gasteiger partial charge is 0.377 e. The van der Waals surface area contributed by atoms with Crippen LogP contribution in [0.25, 0.3) is 0 Å². The van der Waals surface area contributed by atoms with Crippen LogP contribution in [0.2, 0.25) is 5.54 Å². The largest absolute Gasteiger partial charge is 0.503 e. The Bertz CT molecular complexity index is 349. The van der Waals surface area contributed by atoms with E-state index in [0.717, 1.165) is 23.7 Å². The molecule has 1 aliphatic heterocycles. The Balaban J connectivity index is 1.64. The highest BCUT2D eigenvalue weighted by Crippen LogP contribution is 2.69. The second kappa shape index (κ2) is 3.79. The van der Waals surface area contributed by atoms with Gasteiger partial charge in [-0.05, 0) is 42.9 Å². The van der Waals surface area contributed by atoms with Crippen LogP contribution in [-0.4, -0.2) is 42.3 Å². The van der Waals surface area contributed by atoms with Crippen LogP contribution in [0.15, 0.2) is 0 Å². The van der Waals surface area contributed by atoms with Gasteiger partial charge in [0.1, 0.15) is 0 Å². The molecule has 0 amide bonds. The molecule has 0 aromatic carbocycles. The lowest BCUT2D eigenvalue weighted by Gasteiger charge is -2.36. The second-order valence-electron chi connectivity index (χ2n) is 6.27. The number of fused-ring (bicyclic) bond motifs is 8. The molecule has 4 aliphatic rings. The van der Waals surface area contributed by atoms with Gasteiger partial charge in [-0.3, -0.25) is 0 Å². The molecule has 3 saturated carbocycles. The maximum atomic E-state index is 5.83. The quantitative estimate of drug-likeness (QED) is 0.575. The molecule has 4 rings (SSSR count). The number of hydrogen-bond acceptors (Lipinski definition) is 4. The minimum atomic E-state index is -2.47. The highest BCUT2D eigenvalue weighted by Gasteiger charge is 2.72. The molecule has 7 atom stereocenters. The third-order valence-electron chi connectivity index (χ3n) is 6.07. The lowest BCUT2D eigenvalue weighted by molar-refractivity contribution is 0.0963. The minimum absolute atomic E-state index is 0.489. The number of epoxide rings is 1. The maximum Gasteiger partial charge on any atom is 0.503 e. The van der Waals surface area contributed by atoms with Crippen molar-refractivity contribution in [2.24, 2.45) is 23.7 Å². The summed E-state index contributed by atoms with van der Waals surface area (Å²) in [4.78, 5) is 0. The predicted molar refractivity (Wildman–Crippen MR) is 67.0 cm³/mol. The first kappa shape index (κ1) is 11.8. The lowest BCUT2D eigenvalue weighted by atomic mass is 9.82. The molecule has 1 heterocycles. The molecule has 4 nitrogen and oxygen atoms in total. The molecule has 0 aromatic rings. The van der Waals surface area contributed by atoms with Gasteiger partial charge >= 0.3 is 8.80 Å². The molecule has 7 unspecified atom stereocenters. The van der Waals surface area contributed by atoms with Crippen LogP contribution in [0.3, 0.4) is 0 Å². The van der Waals surface area contributed by atoms with Gasteiger partial charge in [-0.2, -0.15) is 0 Å². The number of rotatable bonds is 4. The Kier molecular flexibility index (Phi) is 2.50. The minimum Gasteiger partial charge on any atom is -0.377 e. The Morgan fingerprint density at radius 2 is 1.56 bits per heavy atom. The van der Waals surface area contributed by atoms with E-state index < -0.39 is 8.80 Å². The fourth-order valence-corrected chi connectivity index (χ4v) is 8.38. The van der Waals surface area contributed by atoms with Crippen molar-refractivity contribution < 1.29 is 18.0 Å². The molecule has 5 heteroatoms. The van der Waals surface area contributed by atoms with Crippen LogP contribution in [0.1, 0.15) is 19.3 Å². The van der Waals surface area contributed by atoms with Crippen LogP contribution in [0.5, 0.6) is 0 Å². The van der Waals surface area contributed by atoms with Gasteiger partial charge in [0.15, 0.2) is 0 Å². The molecule has 3 aliphatic carbocycles. The predicted octanol–water partition coefficient (Wildman–Crippen LogP) is 1.68. The highest BCUT2D eigenvalue weighted by atomic mass is 28.4. The van der Waals surface area contributed by atoms with E-state index in [9.17, 15) is 0 Å². The average molecular weight is 270 g/mol. The summed E-state index contributed by atoms with van der Waals surface area (Å²) in [6.45, 7) is 0. The normalized spacial score (nSPS) is 52.5. The van der Waals surface area contributed by atoms with Crippen molar-refractivity contribution in [3.63, 3.8) is 0 Å². The van der Waals surface area contributed by atoms with Crippen molar-refractivity contribution in [3.05, 3.63) is 0 Å². The first-order chi connectivity index (χ1) is 8.75. The van der Waals surface area contributed by atoms with E-state index in [-0.39, 0.29) is 0 Å². The SMILES string of the molecule is CO[Si](OC)(OC)C1CCC2C3CC(C4OC34)C21. The Hall–Kier alpha value is 0.0569. The molecular formula is C13H22O4Si. The fourth-order valence-electron chi connectivity index (χ4n) is 5.49. The summed E-state index contributed by atoms with van der Waals surface area (Å²) in [7, 11) is 2.76. The van der Waals surface area contributed by atoms with Gasteiger partial charge < -0.3 is 18.0 Å². The Morgan fingerprint density at radius 3 is 2.22 bits per heavy atom. The summed E-state index contributed by atoms with van der Waals surface area (Å²) in [6.07, 6.45) is 5.08. The van der Waals surface area contributed by atoms with Crippen LogP contribution >= 0.6 is 0 Å². The average Bonchev–Trinajstić information content (AvgIpc) is 2.81. The van der Waals surface area contributed by atoms with E-state index in [1.807, 2.05) is 0 Å². The lowest BCUT2D eigenvalue weighted by Crippen LogP contribution is -2.50. The molecule has 102 valence electrons. The van der Waals surface area contributed by atoms with Crippen LogP contribution in [0.4, 0.5) is 0 Å². The van der Waals surface area contributed by atoms with Crippen molar-refractivity contribution in [2.75, 3.05) is 21.3 Å². The molecule has 0 spiro atoms. The maximum absolute atomic E-state index is 5.83. The summed E-state index contributed by atoms with van der Waals surface area (Å²) in [5, 5.41) is 0. The topological polar surface area (TPSA) is 40.2 Å². The zero-order chi connectivity index (χ0) is 12.5. The molecule has 2 bridgehead atoms. The third kappa shape index (κ3) is 1.25. The zero-order valence-electron chi connectivity index (χ0n) is 11.3. The van der Waals surface area contributed by atoms with Crippen molar-refractivity contribution in [1.29, 1.82) is 0 Å². The summed E-state index contributed by atoms with van der Waals surface area (Å²) in [5.41, 5.74) is 0.489. The van der Waals surface area contributed by atoms with E-state index in [4.69, 9.17) is 18.0 Å². The first-order valence-corrected chi connectivity index (χ1v) is 8.87. The summed E-state index contributed by atoms with van der Waals surface area (Å²) >= 11 is 0. The standard InChI is InChI=1S/C13H22O4Si/c1-14-18(15-2,16-3)10-5-4-7-8-6-9(11(7)10)13-12(8)17-13/h7-13H,4-6H2,1-3H3. The third-order valence-corrected chi connectivity index (χ3v) is 9.36. The van der Waals surface area contributed by atoms with E-state index in [0.29, 0.717) is 17.7 Å². The van der Waals surface area contributed by atoms with Gasteiger partial charge in [0.05, 0.1) is 12.2 Å². The molecule has 1 saturated heterocycles. The van der Waals surface area contributed by atoms with Crippen molar-refractivity contribution >= 4 is 8.80 Å². The van der Waals surface area contributed by atoms with Gasteiger partial charge in [-0.1, -0.05) is 0 Å². The molecule has 0 N–H and O–H groups in total. The number of hydrogen-bond donors (Lipinski definition) is 0. The van der Waals surface area contributed by atoms with Gasteiger partial charge in [0.2, 0.25) is 0 Å². The molecule has 0 radical (unpaired) electrons. The van der Waals surface area contributed by atoms with E-state index in [1.165, 1.54) is 19.3 Å². The Labute approximate surface area is 109 Å². The van der Waals surface area contributed by atoms with Gasteiger partial charge in [0.25, 0.3) is 0 Å². The van der Waals surface area contributed by atoms with Crippen molar-refractivity contribution in [3.8, 4) is 0 Å². The van der Waals surface area contributed by atoms with Crippen LogP contribution in [-0.2, 0) is 18.0 Å². The Morgan fingerprint density at radius 1 is 0.889 bits per heavy atom.